The maximum atomic E-state index is 12.7. The van der Waals surface area contributed by atoms with Gasteiger partial charge in [-0.05, 0) is 37.5 Å². The van der Waals surface area contributed by atoms with Crippen LogP contribution in [0.3, 0.4) is 0 Å². The summed E-state index contributed by atoms with van der Waals surface area (Å²) >= 11 is 0. The van der Waals surface area contributed by atoms with Gasteiger partial charge in [0.1, 0.15) is 0 Å². The number of carbonyl (C=O) groups excluding carboxylic acids is 2. The van der Waals surface area contributed by atoms with E-state index in [1.807, 2.05) is 31.2 Å². The molecule has 2 fully saturated rings. The van der Waals surface area contributed by atoms with Crippen LogP contribution in [0.2, 0.25) is 0 Å². The Morgan fingerprint density at radius 3 is 2.71 bits per heavy atom. The van der Waals surface area contributed by atoms with Gasteiger partial charge in [0.15, 0.2) is 0 Å². The first-order valence-corrected chi connectivity index (χ1v) is 8.34. The molecule has 0 bridgehead atoms. The maximum absolute atomic E-state index is 12.7. The van der Waals surface area contributed by atoms with Crippen molar-refractivity contribution in [2.45, 2.75) is 26.2 Å². The van der Waals surface area contributed by atoms with Crippen LogP contribution in [0, 0.1) is 18.8 Å². The standard InChI is InChI=1S/C18H22N2O4/c1-12-4-2-6-15(8-12)20-11-14(9-16(20)21)17(22)19-7-3-5-13(10-19)18(23)24/h2,4,6,8,13-14H,3,5,7,9-11H2,1H3,(H,23,24). The summed E-state index contributed by atoms with van der Waals surface area (Å²) in [6.07, 6.45) is 1.50. The molecule has 2 aliphatic rings. The maximum Gasteiger partial charge on any atom is 0.308 e. The van der Waals surface area contributed by atoms with E-state index in [1.165, 1.54) is 0 Å². The van der Waals surface area contributed by atoms with Crippen molar-refractivity contribution < 1.29 is 19.5 Å². The van der Waals surface area contributed by atoms with Crippen LogP contribution in [0.15, 0.2) is 24.3 Å². The smallest absolute Gasteiger partial charge is 0.308 e. The van der Waals surface area contributed by atoms with Crippen LogP contribution in [0.5, 0.6) is 0 Å². The summed E-state index contributed by atoms with van der Waals surface area (Å²) < 4.78 is 0. The van der Waals surface area contributed by atoms with Crippen molar-refractivity contribution in [2.75, 3.05) is 24.5 Å². The molecule has 0 aromatic heterocycles. The number of amides is 2. The van der Waals surface area contributed by atoms with E-state index in [9.17, 15) is 14.4 Å². The number of rotatable bonds is 3. The number of aliphatic carboxylic acids is 1. The molecular formula is C18H22N2O4. The first kappa shape index (κ1) is 16.5. The molecule has 2 saturated heterocycles. The second kappa shape index (κ2) is 6.63. The number of carbonyl (C=O) groups is 3. The lowest BCUT2D eigenvalue weighted by Crippen LogP contribution is -2.45. The Kier molecular flexibility index (Phi) is 4.55. The van der Waals surface area contributed by atoms with E-state index in [-0.39, 0.29) is 30.7 Å². The van der Waals surface area contributed by atoms with E-state index in [0.717, 1.165) is 11.3 Å². The van der Waals surface area contributed by atoms with Crippen molar-refractivity contribution in [3.8, 4) is 0 Å². The normalized spacial score (nSPS) is 24.3. The first-order chi connectivity index (χ1) is 11.5. The fourth-order valence-electron chi connectivity index (χ4n) is 3.56. The molecule has 0 aliphatic carbocycles. The number of aryl methyl sites for hydroxylation is 1. The second-order valence-corrected chi connectivity index (χ2v) is 6.71. The molecule has 1 aromatic rings. The van der Waals surface area contributed by atoms with Crippen LogP contribution in [0.1, 0.15) is 24.8 Å². The van der Waals surface area contributed by atoms with Crippen molar-refractivity contribution in [2.24, 2.45) is 11.8 Å². The fraction of sp³-hybridized carbons (Fsp3) is 0.500. The molecule has 24 heavy (non-hydrogen) atoms. The monoisotopic (exact) mass is 330 g/mol. The first-order valence-electron chi connectivity index (χ1n) is 8.34. The average Bonchev–Trinajstić information content (AvgIpc) is 2.96. The van der Waals surface area contributed by atoms with E-state index in [0.29, 0.717) is 25.9 Å². The minimum atomic E-state index is -0.851. The zero-order valence-corrected chi connectivity index (χ0v) is 13.8. The zero-order chi connectivity index (χ0) is 17.3. The van der Waals surface area contributed by atoms with E-state index in [1.54, 1.807) is 9.80 Å². The molecule has 2 amide bonds. The van der Waals surface area contributed by atoms with Crippen LogP contribution in [0.25, 0.3) is 0 Å². The molecule has 2 unspecified atom stereocenters. The van der Waals surface area contributed by atoms with Gasteiger partial charge in [-0.1, -0.05) is 12.1 Å². The van der Waals surface area contributed by atoms with Crippen LogP contribution < -0.4 is 4.90 Å². The van der Waals surface area contributed by atoms with Gasteiger partial charge in [0.2, 0.25) is 11.8 Å². The van der Waals surface area contributed by atoms with Crippen molar-refractivity contribution in [1.82, 2.24) is 4.90 Å². The van der Waals surface area contributed by atoms with Gasteiger partial charge in [0.05, 0.1) is 11.8 Å². The highest BCUT2D eigenvalue weighted by Gasteiger charge is 2.39. The number of hydrogen-bond acceptors (Lipinski definition) is 3. The summed E-state index contributed by atoms with van der Waals surface area (Å²) in [5.74, 6) is -1.87. The Morgan fingerprint density at radius 2 is 2.00 bits per heavy atom. The Balaban J connectivity index is 1.69. The molecule has 2 atom stereocenters. The zero-order valence-electron chi connectivity index (χ0n) is 13.8. The molecule has 6 nitrogen and oxygen atoms in total. The van der Waals surface area contributed by atoms with Crippen LogP contribution >= 0.6 is 0 Å². The van der Waals surface area contributed by atoms with E-state index in [2.05, 4.69) is 0 Å². The molecule has 2 heterocycles. The lowest BCUT2D eigenvalue weighted by atomic mass is 9.96. The Morgan fingerprint density at radius 1 is 1.21 bits per heavy atom. The molecule has 1 aromatic carbocycles. The van der Waals surface area contributed by atoms with Crippen molar-refractivity contribution in [3.63, 3.8) is 0 Å². The molecular weight excluding hydrogens is 308 g/mol. The molecule has 6 heteroatoms. The van der Waals surface area contributed by atoms with E-state index < -0.39 is 11.9 Å². The molecule has 0 spiro atoms. The summed E-state index contributed by atoms with van der Waals surface area (Å²) in [6, 6.07) is 7.67. The topological polar surface area (TPSA) is 77.9 Å². The summed E-state index contributed by atoms with van der Waals surface area (Å²) in [7, 11) is 0. The van der Waals surface area contributed by atoms with Crippen molar-refractivity contribution in [1.29, 1.82) is 0 Å². The lowest BCUT2D eigenvalue weighted by molar-refractivity contribution is -0.146. The van der Waals surface area contributed by atoms with Gasteiger partial charge in [-0.2, -0.15) is 0 Å². The highest BCUT2D eigenvalue weighted by Crippen LogP contribution is 2.28. The quantitative estimate of drug-likeness (QED) is 0.914. The number of anilines is 1. The minimum Gasteiger partial charge on any atom is -0.481 e. The molecule has 2 aliphatic heterocycles. The summed E-state index contributed by atoms with van der Waals surface area (Å²) in [4.78, 5) is 39.5. The fourth-order valence-corrected chi connectivity index (χ4v) is 3.56. The van der Waals surface area contributed by atoms with Crippen LogP contribution in [-0.2, 0) is 14.4 Å². The summed E-state index contributed by atoms with van der Waals surface area (Å²) in [5, 5.41) is 9.16. The van der Waals surface area contributed by atoms with E-state index in [4.69, 9.17) is 5.11 Å². The van der Waals surface area contributed by atoms with Gasteiger partial charge in [0.25, 0.3) is 0 Å². The molecule has 0 radical (unpaired) electrons. The second-order valence-electron chi connectivity index (χ2n) is 6.71. The largest absolute Gasteiger partial charge is 0.481 e. The predicted molar refractivity (Wildman–Crippen MR) is 88.6 cm³/mol. The number of carboxylic acids is 1. The number of likely N-dealkylation sites (tertiary alicyclic amines) is 1. The molecule has 1 N–H and O–H groups in total. The van der Waals surface area contributed by atoms with Gasteiger partial charge in [0, 0.05) is 31.7 Å². The third-order valence-corrected chi connectivity index (χ3v) is 4.87. The minimum absolute atomic E-state index is 0.0502. The number of benzene rings is 1. The third-order valence-electron chi connectivity index (χ3n) is 4.87. The van der Waals surface area contributed by atoms with Gasteiger partial charge < -0.3 is 14.9 Å². The SMILES string of the molecule is Cc1cccc(N2CC(C(=O)N3CCCC(C(=O)O)C3)CC2=O)c1. The van der Waals surface area contributed by atoms with Crippen molar-refractivity contribution in [3.05, 3.63) is 29.8 Å². The van der Waals surface area contributed by atoms with Crippen LogP contribution in [-0.4, -0.2) is 47.4 Å². The highest BCUT2D eigenvalue weighted by atomic mass is 16.4. The average molecular weight is 330 g/mol. The molecule has 128 valence electrons. The Bertz CT molecular complexity index is 673. The predicted octanol–water partition coefficient (Wildman–Crippen LogP) is 1.67. The Labute approximate surface area is 141 Å². The van der Waals surface area contributed by atoms with Gasteiger partial charge in [-0.15, -0.1) is 0 Å². The number of piperidine rings is 1. The summed E-state index contributed by atoms with van der Waals surface area (Å²) in [6.45, 7) is 3.17. The molecule has 0 saturated carbocycles. The highest BCUT2D eigenvalue weighted by molar-refractivity contribution is 6.00. The third kappa shape index (κ3) is 3.27. The Hall–Kier alpha value is -2.37. The number of nitrogens with zero attached hydrogens (tertiary/aromatic N) is 2. The van der Waals surface area contributed by atoms with Crippen molar-refractivity contribution >= 4 is 23.5 Å². The summed E-state index contributed by atoms with van der Waals surface area (Å²) in [5.41, 5.74) is 1.88. The number of carboxylic acid groups (broad SMARTS) is 1. The van der Waals surface area contributed by atoms with Crippen LogP contribution in [0.4, 0.5) is 5.69 Å². The van der Waals surface area contributed by atoms with Gasteiger partial charge in [-0.3, -0.25) is 14.4 Å². The molecule has 3 rings (SSSR count). The number of hydrogen-bond donors (Lipinski definition) is 1. The van der Waals surface area contributed by atoms with E-state index >= 15 is 0 Å². The lowest BCUT2D eigenvalue weighted by Gasteiger charge is -2.32. The van der Waals surface area contributed by atoms with Gasteiger partial charge >= 0.3 is 5.97 Å². The van der Waals surface area contributed by atoms with Gasteiger partial charge in [-0.25, -0.2) is 0 Å².